The minimum absolute atomic E-state index is 1.01. The van der Waals surface area contributed by atoms with Gasteiger partial charge in [0.05, 0.1) is 0 Å². The monoisotopic (exact) mass is 272 g/mol. The third-order valence-corrected chi connectivity index (χ3v) is 3.82. The van der Waals surface area contributed by atoms with Crippen molar-refractivity contribution in [2.75, 3.05) is 0 Å². The summed E-state index contributed by atoms with van der Waals surface area (Å²) >= 11 is 0. The lowest BCUT2D eigenvalue weighted by atomic mass is 10.0. The van der Waals surface area contributed by atoms with E-state index >= 15 is 0 Å². The van der Waals surface area contributed by atoms with Crippen molar-refractivity contribution in [2.45, 2.75) is 19.3 Å². The third-order valence-electron chi connectivity index (χ3n) is 3.82. The molecular weight excluding hydrogens is 252 g/mol. The molecule has 104 valence electrons. The van der Waals surface area contributed by atoms with Crippen molar-refractivity contribution < 1.29 is 0 Å². The summed E-state index contributed by atoms with van der Waals surface area (Å²) in [6.07, 6.45) is 3.23. The molecule has 0 heterocycles. The maximum absolute atomic E-state index is 2.27. The van der Waals surface area contributed by atoms with E-state index < -0.39 is 0 Å². The van der Waals surface area contributed by atoms with Gasteiger partial charge >= 0.3 is 0 Å². The average molecular weight is 272 g/mol. The topological polar surface area (TPSA) is 0 Å². The van der Waals surface area contributed by atoms with Crippen LogP contribution in [0.3, 0.4) is 0 Å². The third kappa shape index (κ3) is 4.06. The minimum Gasteiger partial charge on any atom is -0.0622 e. The van der Waals surface area contributed by atoms with Crippen LogP contribution >= 0.6 is 0 Å². The number of aryl methyl sites for hydroxylation is 2. The zero-order valence-electron chi connectivity index (χ0n) is 12.2. The molecule has 0 spiro atoms. The van der Waals surface area contributed by atoms with Gasteiger partial charge < -0.3 is 0 Å². The van der Waals surface area contributed by atoms with Crippen LogP contribution in [-0.2, 0) is 19.3 Å². The molecule has 0 atom stereocenters. The molecule has 3 aromatic rings. The van der Waals surface area contributed by atoms with E-state index in [1.165, 1.54) is 22.3 Å². The first-order valence-electron chi connectivity index (χ1n) is 7.56. The Morgan fingerprint density at radius 3 is 1.33 bits per heavy atom. The maximum atomic E-state index is 2.27. The molecule has 0 bridgehead atoms. The highest BCUT2D eigenvalue weighted by Crippen LogP contribution is 2.12. The Morgan fingerprint density at radius 2 is 0.762 bits per heavy atom. The zero-order chi connectivity index (χ0) is 14.3. The van der Waals surface area contributed by atoms with Crippen molar-refractivity contribution in [3.8, 4) is 0 Å². The van der Waals surface area contributed by atoms with E-state index in [1.807, 2.05) is 0 Å². The normalized spacial score (nSPS) is 10.5. The molecule has 0 aliphatic rings. The van der Waals surface area contributed by atoms with Crippen molar-refractivity contribution in [1.29, 1.82) is 0 Å². The van der Waals surface area contributed by atoms with Crippen LogP contribution in [0.5, 0.6) is 0 Å². The summed E-state index contributed by atoms with van der Waals surface area (Å²) in [5.74, 6) is 0. The van der Waals surface area contributed by atoms with Gasteiger partial charge in [0.2, 0.25) is 0 Å². The van der Waals surface area contributed by atoms with Crippen molar-refractivity contribution in [2.24, 2.45) is 0 Å². The fraction of sp³-hybridized carbons (Fsp3) is 0.143. The Bertz CT molecular complexity index is 651. The number of hydrogen-bond donors (Lipinski definition) is 0. The molecular formula is C21H20. The van der Waals surface area contributed by atoms with Gasteiger partial charge in [-0.3, -0.25) is 0 Å². The standard InChI is InChI=1S/C21H20/c1-3-7-18(8-4-1)11-12-19-13-15-21(16-14-19)17-20-9-5-2-6-10-20/h1-10,13-16H,11-12,17H2. The lowest BCUT2D eigenvalue weighted by Crippen LogP contribution is -1.92. The molecule has 0 heteroatoms. The molecule has 0 radical (unpaired) electrons. The van der Waals surface area contributed by atoms with Gasteiger partial charge in [0.15, 0.2) is 0 Å². The molecule has 0 unspecified atom stereocenters. The van der Waals surface area contributed by atoms with Crippen LogP contribution in [0.1, 0.15) is 22.3 Å². The summed E-state index contributed by atoms with van der Waals surface area (Å²) in [5.41, 5.74) is 5.57. The Labute approximate surface area is 127 Å². The highest BCUT2D eigenvalue weighted by Gasteiger charge is 1.98. The molecule has 3 aromatic carbocycles. The zero-order valence-corrected chi connectivity index (χ0v) is 12.2. The minimum atomic E-state index is 1.01. The SMILES string of the molecule is c1ccc(CCc2ccc(Cc3ccccc3)cc2)cc1. The summed E-state index contributed by atoms with van der Waals surface area (Å²) in [6, 6.07) is 30.4. The van der Waals surface area contributed by atoms with Crippen LogP contribution in [0.2, 0.25) is 0 Å². The maximum Gasteiger partial charge on any atom is -0.00258 e. The van der Waals surface area contributed by atoms with Gasteiger partial charge in [0.1, 0.15) is 0 Å². The summed E-state index contributed by atoms with van der Waals surface area (Å²) in [7, 11) is 0. The van der Waals surface area contributed by atoms with Crippen LogP contribution in [0.15, 0.2) is 84.9 Å². The summed E-state index contributed by atoms with van der Waals surface area (Å²) in [5, 5.41) is 0. The smallest absolute Gasteiger partial charge is 0.00258 e. The van der Waals surface area contributed by atoms with E-state index in [0.29, 0.717) is 0 Å². The molecule has 0 aliphatic carbocycles. The average Bonchev–Trinajstić information content (AvgIpc) is 2.56. The molecule has 0 N–H and O–H groups in total. The van der Waals surface area contributed by atoms with E-state index in [0.717, 1.165) is 19.3 Å². The fourth-order valence-electron chi connectivity index (χ4n) is 2.59. The molecule has 0 aromatic heterocycles. The van der Waals surface area contributed by atoms with E-state index in [-0.39, 0.29) is 0 Å². The fourth-order valence-corrected chi connectivity index (χ4v) is 2.59. The van der Waals surface area contributed by atoms with E-state index in [9.17, 15) is 0 Å². The van der Waals surface area contributed by atoms with Gasteiger partial charge in [0, 0.05) is 0 Å². The first-order valence-corrected chi connectivity index (χ1v) is 7.56. The first-order chi connectivity index (χ1) is 10.4. The van der Waals surface area contributed by atoms with Crippen molar-refractivity contribution >= 4 is 0 Å². The van der Waals surface area contributed by atoms with Gasteiger partial charge in [-0.25, -0.2) is 0 Å². The van der Waals surface area contributed by atoms with Crippen molar-refractivity contribution in [1.82, 2.24) is 0 Å². The molecule has 0 saturated heterocycles. The van der Waals surface area contributed by atoms with E-state index in [2.05, 4.69) is 84.9 Å². The van der Waals surface area contributed by atoms with Gasteiger partial charge in [-0.1, -0.05) is 84.9 Å². The van der Waals surface area contributed by atoms with Crippen LogP contribution in [0, 0.1) is 0 Å². The number of hydrogen-bond acceptors (Lipinski definition) is 0. The molecule has 0 nitrogen and oxygen atoms in total. The summed E-state index contributed by atoms with van der Waals surface area (Å²) < 4.78 is 0. The molecule has 0 aliphatic heterocycles. The molecule has 0 amide bonds. The lowest BCUT2D eigenvalue weighted by Gasteiger charge is -2.05. The van der Waals surface area contributed by atoms with E-state index in [4.69, 9.17) is 0 Å². The Morgan fingerprint density at radius 1 is 0.381 bits per heavy atom. The van der Waals surface area contributed by atoms with Gasteiger partial charge in [-0.2, -0.15) is 0 Å². The predicted molar refractivity (Wildman–Crippen MR) is 89.5 cm³/mol. The number of rotatable bonds is 5. The lowest BCUT2D eigenvalue weighted by molar-refractivity contribution is 0.958. The second-order valence-electron chi connectivity index (χ2n) is 5.46. The van der Waals surface area contributed by atoms with Gasteiger partial charge in [0.25, 0.3) is 0 Å². The Hall–Kier alpha value is -2.34. The van der Waals surface area contributed by atoms with Gasteiger partial charge in [-0.15, -0.1) is 0 Å². The molecule has 21 heavy (non-hydrogen) atoms. The largest absolute Gasteiger partial charge is 0.0622 e. The molecule has 0 fully saturated rings. The van der Waals surface area contributed by atoms with Crippen LogP contribution in [0.25, 0.3) is 0 Å². The highest BCUT2D eigenvalue weighted by molar-refractivity contribution is 5.29. The van der Waals surface area contributed by atoms with Crippen LogP contribution < -0.4 is 0 Å². The van der Waals surface area contributed by atoms with Gasteiger partial charge in [-0.05, 0) is 41.5 Å². The Balaban J connectivity index is 1.59. The second kappa shape index (κ2) is 6.90. The quantitative estimate of drug-likeness (QED) is 0.609. The van der Waals surface area contributed by atoms with Crippen LogP contribution in [-0.4, -0.2) is 0 Å². The number of benzene rings is 3. The molecule has 3 rings (SSSR count). The van der Waals surface area contributed by atoms with Crippen molar-refractivity contribution in [3.05, 3.63) is 107 Å². The van der Waals surface area contributed by atoms with E-state index in [1.54, 1.807) is 0 Å². The first kappa shape index (κ1) is 13.6. The second-order valence-corrected chi connectivity index (χ2v) is 5.46. The summed E-state index contributed by atoms with van der Waals surface area (Å²) in [4.78, 5) is 0. The summed E-state index contributed by atoms with van der Waals surface area (Å²) in [6.45, 7) is 0. The Kier molecular flexibility index (Phi) is 4.48. The predicted octanol–water partition coefficient (Wildman–Crippen LogP) is 5.06. The van der Waals surface area contributed by atoms with Crippen molar-refractivity contribution in [3.63, 3.8) is 0 Å². The molecule has 0 saturated carbocycles. The van der Waals surface area contributed by atoms with Crippen LogP contribution in [0.4, 0.5) is 0 Å². The highest BCUT2D eigenvalue weighted by atomic mass is 14.0.